The summed E-state index contributed by atoms with van der Waals surface area (Å²) in [6, 6.07) is 7.64. The molecule has 0 radical (unpaired) electrons. The van der Waals surface area contributed by atoms with E-state index in [-0.39, 0.29) is 24.6 Å². The maximum Gasteiger partial charge on any atom is 0.258 e. The van der Waals surface area contributed by atoms with E-state index >= 15 is 0 Å². The van der Waals surface area contributed by atoms with Crippen LogP contribution in [0.5, 0.6) is 5.75 Å². The van der Waals surface area contributed by atoms with E-state index in [1.54, 1.807) is 18.3 Å². The number of hydrogen-bond donors (Lipinski definition) is 2. The van der Waals surface area contributed by atoms with E-state index in [1.165, 1.54) is 0 Å². The van der Waals surface area contributed by atoms with Crippen molar-refractivity contribution in [1.82, 2.24) is 15.6 Å². The average Bonchev–Trinajstić information content (AvgIpc) is 2.57. The van der Waals surface area contributed by atoms with Gasteiger partial charge in [-0.25, -0.2) is 0 Å². The summed E-state index contributed by atoms with van der Waals surface area (Å²) in [5.74, 6) is 0.444. The highest BCUT2D eigenvalue weighted by atomic mass is 35.5. The summed E-state index contributed by atoms with van der Waals surface area (Å²) in [7, 11) is 0. The van der Waals surface area contributed by atoms with Gasteiger partial charge in [-0.1, -0.05) is 11.6 Å². The standard InChI is InChI=1S/C17H20ClN3O2/c1-11-14(5-3-8-19-11)21-16(22)10-23-15-7-6-13(18)12-4-2-9-20-17(12)15/h2,4,6-7,9,11,14,19H,3,5,8,10H2,1H3,(H,21,22). The Hall–Kier alpha value is -1.85. The monoisotopic (exact) mass is 333 g/mol. The van der Waals surface area contributed by atoms with E-state index in [0.717, 1.165) is 24.8 Å². The molecule has 1 aromatic carbocycles. The van der Waals surface area contributed by atoms with E-state index in [9.17, 15) is 4.79 Å². The molecule has 2 heterocycles. The second-order valence-electron chi connectivity index (χ2n) is 5.79. The predicted molar refractivity (Wildman–Crippen MR) is 90.9 cm³/mol. The largest absolute Gasteiger partial charge is 0.481 e. The Balaban J connectivity index is 1.64. The van der Waals surface area contributed by atoms with Crippen molar-refractivity contribution in [2.24, 2.45) is 0 Å². The van der Waals surface area contributed by atoms with Gasteiger partial charge in [-0.3, -0.25) is 9.78 Å². The van der Waals surface area contributed by atoms with E-state index in [4.69, 9.17) is 16.3 Å². The molecule has 2 N–H and O–H groups in total. The van der Waals surface area contributed by atoms with Crippen molar-refractivity contribution in [2.45, 2.75) is 31.8 Å². The molecule has 2 unspecified atom stereocenters. The van der Waals surface area contributed by atoms with Gasteiger partial charge < -0.3 is 15.4 Å². The van der Waals surface area contributed by atoms with Gasteiger partial charge in [0.05, 0.1) is 5.02 Å². The van der Waals surface area contributed by atoms with Crippen LogP contribution in [0.3, 0.4) is 0 Å². The number of carbonyl (C=O) groups excluding carboxylic acids is 1. The maximum atomic E-state index is 12.1. The van der Waals surface area contributed by atoms with Gasteiger partial charge in [0.1, 0.15) is 11.3 Å². The second kappa shape index (κ2) is 7.15. The first-order chi connectivity index (χ1) is 11.1. The third-order valence-corrected chi connectivity index (χ3v) is 4.48. The summed E-state index contributed by atoms with van der Waals surface area (Å²) in [4.78, 5) is 16.4. The molecule has 1 aliphatic rings. The maximum absolute atomic E-state index is 12.1. The molecule has 0 saturated carbocycles. The fraction of sp³-hybridized carbons (Fsp3) is 0.412. The van der Waals surface area contributed by atoms with Gasteiger partial charge in [0.25, 0.3) is 5.91 Å². The number of fused-ring (bicyclic) bond motifs is 1. The Morgan fingerprint density at radius 2 is 2.35 bits per heavy atom. The zero-order valence-corrected chi connectivity index (χ0v) is 13.8. The number of rotatable bonds is 4. The van der Waals surface area contributed by atoms with Crippen LogP contribution < -0.4 is 15.4 Å². The smallest absolute Gasteiger partial charge is 0.258 e. The SMILES string of the molecule is CC1NCCCC1NC(=O)COc1ccc(Cl)c2cccnc12. The lowest BCUT2D eigenvalue weighted by Crippen LogP contribution is -2.52. The zero-order chi connectivity index (χ0) is 16.2. The molecular weight excluding hydrogens is 314 g/mol. The zero-order valence-electron chi connectivity index (χ0n) is 13.0. The third-order valence-electron chi connectivity index (χ3n) is 4.15. The van der Waals surface area contributed by atoms with E-state index in [2.05, 4.69) is 22.5 Å². The highest BCUT2D eigenvalue weighted by Gasteiger charge is 2.22. The number of ether oxygens (including phenoxy) is 1. The fourth-order valence-corrected chi connectivity index (χ4v) is 3.08. The van der Waals surface area contributed by atoms with Gasteiger partial charge in [-0.2, -0.15) is 0 Å². The van der Waals surface area contributed by atoms with Crippen molar-refractivity contribution >= 4 is 28.4 Å². The van der Waals surface area contributed by atoms with Crippen LogP contribution in [0.4, 0.5) is 0 Å². The molecule has 0 aliphatic carbocycles. The molecule has 1 amide bonds. The number of benzene rings is 1. The Bertz CT molecular complexity index is 707. The summed E-state index contributed by atoms with van der Waals surface area (Å²) < 4.78 is 5.66. The number of piperidine rings is 1. The van der Waals surface area contributed by atoms with Gasteiger partial charge in [0.2, 0.25) is 0 Å². The number of aromatic nitrogens is 1. The van der Waals surface area contributed by atoms with E-state index < -0.39 is 0 Å². The molecule has 2 aromatic rings. The molecular formula is C17H20ClN3O2. The lowest BCUT2D eigenvalue weighted by molar-refractivity contribution is -0.124. The fourth-order valence-electron chi connectivity index (χ4n) is 2.86. The molecule has 0 spiro atoms. The van der Waals surface area contributed by atoms with Gasteiger partial charge in [0, 0.05) is 23.7 Å². The molecule has 1 aromatic heterocycles. The third kappa shape index (κ3) is 3.74. The minimum absolute atomic E-state index is 0.0312. The van der Waals surface area contributed by atoms with Gasteiger partial charge in [-0.15, -0.1) is 0 Å². The van der Waals surface area contributed by atoms with Crippen molar-refractivity contribution in [2.75, 3.05) is 13.2 Å². The molecule has 0 bridgehead atoms. The van der Waals surface area contributed by atoms with Crippen LogP contribution in [0.2, 0.25) is 5.02 Å². The molecule has 6 heteroatoms. The van der Waals surface area contributed by atoms with E-state index in [1.807, 2.05) is 12.1 Å². The lowest BCUT2D eigenvalue weighted by Gasteiger charge is -2.30. The lowest BCUT2D eigenvalue weighted by atomic mass is 10.00. The van der Waals surface area contributed by atoms with Gasteiger partial charge in [0.15, 0.2) is 6.61 Å². The van der Waals surface area contributed by atoms with Gasteiger partial charge >= 0.3 is 0 Å². The van der Waals surface area contributed by atoms with Crippen molar-refractivity contribution < 1.29 is 9.53 Å². The summed E-state index contributed by atoms with van der Waals surface area (Å²) in [5.41, 5.74) is 0.667. The Morgan fingerprint density at radius 3 is 3.17 bits per heavy atom. The molecule has 3 rings (SSSR count). The highest BCUT2D eigenvalue weighted by molar-refractivity contribution is 6.35. The molecule has 1 saturated heterocycles. The Morgan fingerprint density at radius 1 is 1.48 bits per heavy atom. The average molecular weight is 334 g/mol. The number of halogens is 1. The number of carbonyl (C=O) groups is 1. The molecule has 1 aliphatic heterocycles. The van der Waals surface area contributed by atoms with Gasteiger partial charge in [-0.05, 0) is 50.6 Å². The number of nitrogens with zero attached hydrogens (tertiary/aromatic N) is 1. The predicted octanol–water partition coefficient (Wildman–Crippen LogP) is 2.52. The molecule has 1 fully saturated rings. The summed E-state index contributed by atoms with van der Waals surface area (Å²) in [6.45, 7) is 3.06. The van der Waals surface area contributed by atoms with Crippen LogP contribution in [-0.2, 0) is 4.79 Å². The van der Waals surface area contributed by atoms with Crippen LogP contribution in [-0.4, -0.2) is 36.1 Å². The molecule has 5 nitrogen and oxygen atoms in total. The molecule has 23 heavy (non-hydrogen) atoms. The number of pyridine rings is 1. The second-order valence-corrected chi connectivity index (χ2v) is 6.20. The van der Waals surface area contributed by atoms with Crippen LogP contribution in [0.1, 0.15) is 19.8 Å². The minimum Gasteiger partial charge on any atom is -0.481 e. The first kappa shape index (κ1) is 16.0. The topological polar surface area (TPSA) is 63.2 Å². The number of nitrogens with one attached hydrogen (secondary N) is 2. The van der Waals surface area contributed by atoms with Crippen LogP contribution in [0, 0.1) is 0 Å². The summed E-state index contributed by atoms with van der Waals surface area (Å²) in [5, 5.41) is 7.82. The number of amides is 1. The first-order valence-electron chi connectivity index (χ1n) is 7.84. The molecule has 2 atom stereocenters. The highest BCUT2D eigenvalue weighted by Crippen LogP contribution is 2.29. The Kier molecular flexibility index (Phi) is 4.98. The summed E-state index contributed by atoms with van der Waals surface area (Å²) in [6.07, 6.45) is 3.74. The van der Waals surface area contributed by atoms with Crippen LogP contribution in [0.25, 0.3) is 10.9 Å². The van der Waals surface area contributed by atoms with Crippen LogP contribution >= 0.6 is 11.6 Å². The summed E-state index contributed by atoms with van der Waals surface area (Å²) >= 11 is 6.15. The van der Waals surface area contributed by atoms with Crippen molar-refractivity contribution in [3.05, 3.63) is 35.5 Å². The molecule has 122 valence electrons. The normalized spacial score (nSPS) is 21.1. The van der Waals surface area contributed by atoms with E-state index in [0.29, 0.717) is 16.3 Å². The van der Waals surface area contributed by atoms with Crippen LogP contribution in [0.15, 0.2) is 30.5 Å². The van der Waals surface area contributed by atoms with Crippen molar-refractivity contribution in [1.29, 1.82) is 0 Å². The quantitative estimate of drug-likeness (QED) is 0.902. The Labute approximate surface area is 140 Å². The van der Waals surface area contributed by atoms with Crippen molar-refractivity contribution in [3.63, 3.8) is 0 Å². The first-order valence-corrected chi connectivity index (χ1v) is 8.22. The minimum atomic E-state index is -0.121. The van der Waals surface area contributed by atoms with Crippen molar-refractivity contribution in [3.8, 4) is 5.75 Å². The number of hydrogen-bond acceptors (Lipinski definition) is 4.